The molecule has 172 valence electrons. The lowest BCUT2D eigenvalue weighted by Gasteiger charge is -2.57. The van der Waals surface area contributed by atoms with Crippen LogP contribution in [0.1, 0.15) is 79.1 Å². The molecule has 11 atom stereocenters. The Balaban J connectivity index is 1.32. The molecule has 0 aromatic carbocycles. The number of ether oxygens (including phenoxy) is 2. The number of hydrogen-bond donors (Lipinski definition) is 1. The summed E-state index contributed by atoms with van der Waals surface area (Å²) in [6.45, 7) is 10.0. The molecule has 0 aromatic heterocycles. The molecule has 4 nitrogen and oxygen atoms in total. The molecule has 3 saturated carbocycles. The molecule has 6 aliphatic rings. The molecule has 0 aromatic rings. The highest BCUT2D eigenvalue weighted by molar-refractivity contribution is 5.87. The molecule has 6 rings (SSSR count). The van der Waals surface area contributed by atoms with Crippen molar-refractivity contribution in [3.05, 3.63) is 11.6 Å². The van der Waals surface area contributed by atoms with Gasteiger partial charge in [-0.05, 0) is 67.6 Å². The van der Waals surface area contributed by atoms with Crippen LogP contribution in [-0.2, 0) is 14.3 Å². The average Bonchev–Trinajstić information content (AvgIpc) is 3.18. The van der Waals surface area contributed by atoms with E-state index >= 15 is 0 Å². The first kappa shape index (κ1) is 20.9. The number of rotatable bonds is 0. The Bertz CT molecular complexity index is 810. The highest BCUT2D eigenvalue weighted by Gasteiger charge is 2.71. The maximum atomic E-state index is 14.0. The van der Waals surface area contributed by atoms with Gasteiger partial charge in [-0.3, -0.25) is 4.79 Å². The second kappa shape index (κ2) is 6.67. The third-order valence-electron chi connectivity index (χ3n) is 11.2. The third-order valence-corrected chi connectivity index (χ3v) is 11.2. The Kier molecular flexibility index (Phi) is 4.49. The molecule has 0 unspecified atom stereocenters. The first-order chi connectivity index (χ1) is 14.7. The lowest BCUT2D eigenvalue weighted by molar-refractivity contribution is -0.272. The normalized spacial score (nSPS) is 58.4. The van der Waals surface area contributed by atoms with Crippen molar-refractivity contribution in [3.8, 4) is 0 Å². The van der Waals surface area contributed by atoms with Crippen LogP contribution in [0.25, 0.3) is 0 Å². The van der Waals surface area contributed by atoms with E-state index in [9.17, 15) is 9.90 Å². The minimum atomic E-state index is -0.460. The summed E-state index contributed by atoms with van der Waals surface area (Å²) in [5.41, 5.74) is 1.24. The van der Waals surface area contributed by atoms with Crippen molar-refractivity contribution >= 4 is 5.78 Å². The average molecular weight is 429 g/mol. The molecular formula is C27H40O4. The zero-order valence-corrected chi connectivity index (χ0v) is 19.7. The summed E-state index contributed by atoms with van der Waals surface area (Å²) in [6.07, 6.45) is 10.0. The SMILES string of the molecule is C[C@@H]1CC[C@@]2(OC1)O[C@H]1C[C@H]3[C@@H]4CC=C5C[C@@H](O)CC[C@]5(C)[C@H]4CC(=O)[C@]3(C)[C@H]1[C@@H]2C. The van der Waals surface area contributed by atoms with Crippen molar-refractivity contribution in [1.29, 1.82) is 0 Å². The Hall–Kier alpha value is -0.710. The zero-order chi connectivity index (χ0) is 21.8. The Morgan fingerprint density at radius 2 is 1.90 bits per heavy atom. The van der Waals surface area contributed by atoms with Gasteiger partial charge in [-0.15, -0.1) is 0 Å². The lowest BCUT2D eigenvalue weighted by Crippen LogP contribution is -2.56. The third kappa shape index (κ3) is 2.62. The fourth-order valence-electron chi connectivity index (χ4n) is 9.34. The molecule has 2 aliphatic heterocycles. The molecule has 4 aliphatic carbocycles. The Morgan fingerprint density at radius 1 is 1.10 bits per heavy atom. The van der Waals surface area contributed by atoms with Gasteiger partial charge >= 0.3 is 0 Å². The number of fused-ring (bicyclic) bond motifs is 7. The largest absolute Gasteiger partial charge is 0.393 e. The lowest BCUT2D eigenvalue weighted by atomic mass is 9.46. The molecule has 4 heteroatoms. The van der Waals surface area contributed by atoms with E-state index in [1.54, 1.807) is 0 Å². The van der Waals surface area contributed by atoms with Crippen molar-refractivity contribution in [1.82, 2.24) is 0 Å². The summed E-state index contributed by atoms with van der Waals surface area (Å²) in [6, 6.07) is 0. The van der Waals surface area contributed by atoms with E-state index in [2.05, 4.69) is 33.8 Å². The molecule has 1 spiro atoms. The monoisotopic (exact) mass is 428 g/mol. The van der Waals surface area contributed by atoms with Crippen molar-refractivity contribution in [2.24, 2.45) is 46.3 Å². The van der Waals surface area contributed by atoms with Gasteiger partial charge in [0.1, 0.15) is 5.78 Å². The Morgan fingerprint density at radius 3 is 2.65 bits per heavy atom. The van der Waals surface area contributed by atoms with Gasteiger partial charge in [0, 0.05) is 30.1 Å². The van der Waals surface area contributed by atoms with E-state index in [1.807, 2.05) is 0 Å². The van der Waals surface area contributed by atoms with Gasteiger partial charge in [0.25, 0.3) is 0 Å². The fourth-order valence-corrected chi connectivity index (χ4v) is 9.34. The van der Waals surface area contributed by atoms with E-state index in [0.29, 0.717) is 35.9 Å². The van der Waals surface area contributed by atoms with Crippen molar-refractivity contribution in [3.63, 3.8) is 0 Å². The number of hydrogen-bond acceptors (Lipinski definition) is 4. The van der Waals surface area contributed by atoms with Gasteiger partial charge in [0.2, 0.25) is 0 Å². The smallest absolute Gasteiger partial charge is 0.171 e. The predicted octanol–water partition coefficient (Wildman–Crippen LogP) is 4.89. The fraction of sp³-hybridized carbons (Fsp3) is 0.889. The van der Waals surface area contributed by atoms with Crippen LogP contribution >= 0.6 is 0 Å². The molecule has 31 heavy (non-hydrogen) atoms. The highest BCUT2D eigenvalue weighted by atomic mass is 16.7. The highest BCUT2D eigenvalue weighted by Crippen LogP contribution is 2.69. The van der Waals surface area contributed by atoms with E-state index < -0.39 is 5.79 Å². The predicted molar refractivity (Wildman–Crippen MR) is 118 cm³/mol. The quantitative estimate of drug-likeness (QED) is 0.558. The summed E-state index contributed by atoms with van der Waals surface area (Å²) >= 11 is 0. The number of carbonyl (C=O) groups is 1. The maximum absolute atomic E-state index is 14.0. The van der Waals surface area contributed by atoms with E-state index in [0.717, 1.165) is 51.6 Å². The summed E-state index contributed by atoms with van der Waals surface area (Å²) < 4.78 is 13.2. The number of carbonyl (C=O) groups excluding carboxylic acids is 1. The molecular weight excluding hydrogens is 388 g/mol. The van der Waals surface area contributed by atoms with E-state index in [4.69, 9.17) is 9.47 Å². The molecule has 5 fully saturated rings. The summed E-state index contributed by atoms with van der Waals surface area (Å²) in [5, 5.41) is 10.2. The summed E-state index contributed by atoms with van der Waals surface area (Å²) in [4.78, 5) is 14.0. The van der Waals surface area contributed by atoms with Gasteiger partial charge in [-0.2, -0.15) is 0 Å². The number of aliphatic hydroxyl groups excluding tert-OH is 1. The Labute approximate surface area is 187 Å². The number of allylic oxidation sites excluding steroid dienone is 1. The van der Waals surface area contributed by atoms with E-state index in [1.165, 1.54) is 5.57 Å². The number of Topliss-reactive ketones (excluding diaryl/α,β-unsaturated/α-hetero) is 1. The van der Waals surface area contributed by atoms with Crippen LogP contribution in [-0.4, -0.2) is 35.5 Å². The van der Waals surface area contributed by atoms with Gasteiger partial charge in [0.15, 0.2) is 5.79 Å². The van der Waals surface area contributed by atoms with Gasteiger partial charge in [-0.25, -0.2) is 0 Å². The first-order valence-corrected chi connectivity index (χ1v) is 12.9. The van der Waals surface area contributed by atoms with Crippen LogP contribution < -0.4 is 0 Å². The van der Waals surface area contributed by atoms with Crippen LogP contribution in [0.3, 0.4) is 0 Å². The van der Waals surface area contributed by atoms with Crippen molar-refractivity contribution < 1.29 is 19.4 Å². The van der Waals surface area contributed by atoms with Crippen molar-refractivity contribution in [2.75, 3.05) is 6.61 Å². The van der Waals surface area contributed by atoms with Crippen LogP contribution in [0.5, 0.6) is 0 Å². The topological polar surface area (TPSA) is 55.8 Å². The van der Waals surface area contributed by atoms with Gasteiger partial charge in [0.05, 0.1) is 18.8 Å². The first-order valence-electron chi connectivity index (χ1n) is 12.9. The molecule has 0 bridgehead atoms. The zero-order valence-electron chi connectivity index (χ0n) is 19.7. The molecule has 0 amide bonds. The van der Waals surface area contributed by atoms with Gasteiger partial charge < -0.3 is 14.6 Å². The standard InChI is InChI=1S/C27H40O4/c1-15-7-10-27(30-14-15)16(2)24-22(31-27)12-21-19-6-5-17-11-18(28)8-9-25(17,3)20(19)13-23(29)26(21,24)4/h5,15-16,18-22,24,28H,6-14H2,1-4H3/t15-,16+,18+,19-,20+,21+,22+,24+,25+,26-,27-/m1/s1. The number of aliphatic hydroxyl groups is 1. The minimum Gasteiger partial charge on any atom is -0.393 e. The van der Waals surface area contributed by atoms with E-state index in [-0.39, 0.29) is 34.9 Å². The van der Waals surface area contributed by atoms with Crippen LogP contribution in [0.4, 0.5) is 0 Å². The summed E-state index contributed by atoms with van der Waals surface area (Å²) in [7, 11) is 0. The van der Waals surface area contributed by atoms with Crippen LogP contribution in [0, 0.1) is 46.3 Å². The maximum Gasteiger partial charge on any atom is 0.171 e. The molecule has 0 radical (unpaired) electrons. The molecule has 2 heterocycles. The second-order valence-electron chi connectivity index (χ2n) is 12.5. The summed E-state index contributed by atoms with van der Waals surface area (Å²) in [5.74, 6) is 2.59. The van der Waals surface area contributed by atoms with Crippen LogP contribution in [0.15, 0.2) is 11.6 Å². The van der Waals surface area contributed by atoms with Gasteiger partial charge in [-0.1, -0.05) is 39.3 Å². The molecule has 1 N–H and O–H groups in total. The second-order valence-corrected chi connectivity index (χ2v) is 12.5. The molecule has 2 saturated heterocycles. The minimum absolute atomic E-state index is 0.0904. The number of ketones is 1. The van der Waals surface area contributed by atoms with Crippen LogP contribution in [0.2, 0.25) is 0 Å². The van der Waals surface area contributed by atoms with Crippen molar-refractivity contribution in [2.45, 2.75) is 97.1 Å².